The summed E-state index contributed by atoms with van der Waals surface area (Å²) in [7, 11) is 0. The molecule has 2 aromatic carbocycles. The Labute approximate surface area is 224 Å². The normalized spacial score (nSPS) is 14.3. The number of carbonyl (C=O) groups excluding carboxylic acids is 2. The number of halogens is 10. The Hall–Kier alpha value is -3.75. The van der Waals surface area contributed by atoms with Gasteiger partial charge in [-0.25, -0.2) is 4.68 Å². The molecule has 1 aliphatic rings. The first kappa shape index (κ1) is 29.2. The molecule has 4 rings (SSSR count). The third-order valence-electron chi connectivity index (χ3n) is 5.75. The van der Waals surface area contributed by atoms with E-state index in [2.05, 4.69) is 15.7 Å². The number of nitrogens with zero attached hydrogens (tertiary/aromatic N) is 2. The van der Waals surface area contributed by atoms with Crippen molar-refractivity contribution in [3.8, 4) is 5.69 Å². The monoisotopic (exact) mass is 598 g/mol. The minimum Gasteiger partial charge on any atom is -0.349 e. The lowest BCUT2D eigenvalue weighted by Crippen LogP contribution is -2.27. The van der Waals surface area contributed by atoms with Crippen molar-refractivity contribution in [3.63, 3.8) is 0 Å². The summed E-state index contributed by atoms with van der Waals surface area (Å²) in [6, 6.07) is 2.57. The number of nitrogens with one attached hydrogen (secondary N) is 2. The highest BCUT2D eigenvalue weighted by Gasteiger charge is 2.39. The molecule has 0 atom stereocenters. The van der Waals surface area contributed by atoms with E-state index >= 15 is 0 Å². The zero-order chi connectivity index (χ0) is 29.8. The van der Waals surface area contributed by atoms with Gasteiger partial charge in [0.05, 0.1) is 28.1 Å². The minimum absolute atomic E-state index is 0.0256. The smallest absolute Gasteiger partial charge is 0.349 e. The highest BCUT2D eigenvalue weighted by molar-refractivity contribution is 6.31. The van der Waals surface area contributed by atoms with Gasteiger partial charge < -0.3 is 10.6 Å². The van der Waals surface area contributed by atoms with Crippen molar-refractivity contribution in [3.05, 3.63) is 75.1 Å². The van der Waals surface area contributed by atoms with Crippen LogP contribution in [0.25, 0.3) is 5.69 Å². The SMILES string of the molecule is Cc1cc(Cl)cc(C(=O)NC2CC2)c1NC(=O)c1cc(C(F)(F)F)nn1-c1cc(C(F)(F)F)cc(C(F)(F)F)c1. The van der Waals surface area contributed by atoms with E-state index in [0.717, 1.165) is 0 Å². The third kappa shape index (κ3) is 6.35. The molecule has 0 radical (unpaired) electrons. The molecule has 0 saturated heterocycles. The number of aromatic nitrogens is 2. The first-order valence-electron chi connectivity index (χ1n) is 11.2. The lowest BCUT2D eigenvalue weighted by molar-refractivity contribution is -0.143. The van der Waals surface area contributed by atoms with Crippen LogP contribution in [0.15, 0.2) is 36.4 Å². The molecule has 0 spiro atoms. The van der Waals surface area contributed by atoms with Gasteiger partial charge in [0.1, 0.15) is 5.69 Å². The second-order valence-electron chi connectivity index (χ2n) is 8.94. The van der Waals surface area contributed by atoms with Crippen LogP contribution >= 0.6 is 11.6 Å². The van der Waals surface area contributed by atoms with E-state index in [4.69, 9.17) is 11.6 Å². The first-order valence-corrected chi connectivity index (χ1v) is 11.6. The minimum atomic E-state index is -5.32. The van der Waals surface area contributed by atoms with Gasteiger partial charge in [0.15, 0.2) is 5.69 Å². The van der Waals surface area contributed by atoms with Gasteiger partial charge in [-0.1, -0.05) is 11.6 Å². The Morgan fingerprint density at radius 1 is 0.850 bits per heavy atom. The molecule has 1 fully saturated rings. The highest BCUT2D eigenvalue weighted by Crippen LogP contribution is 2.38. The van der Waals surface area contributed by atoms with Gasteiger partial charge in [0.2, 0.25) is 0 Å². The molecule has 1 aliphatic carbocycles. The van der Waals surface area contributed by atoms with Gasteiger partial charge in [-0.15, -0.1) is 0 Å². The van der Waals surface area contributed by atoms with Crippen LogP contribution in [-0.2, 0) is 18.5 Å². The summed E-state index contributed by atoms with van der Waals surface area (Å²) in [4.78, 5) is 25.9. The van der Waals surface area contributed by atoms with Crippen LogP contribution < -0.4 is 10.6 Å². The van der Waals surface area contributed by atoms with E-state index in [1.807, 2.05) is 0 Å². The van der Waals surface area contributed by atoms with Gasteiger partial charge in [0, 0.05) is 17.1 Å². The molecule has 6 nitrogen and oxygen atoms in total. The van der Waals surface area contributed by atoms with Crippen molar-refractivity contribution in [2.75, 3.05) is 5.32 Å². The predicted octanol–water partition coefficient (Wildman–Crippen LogP) is 7.04. The average molecular weight is 599 g/mol. The van der Waals surface area contributed by atoms with Crippen molar-refractivity contribution in [1.29, 1.82) is 0 Å². The molecule has 1 saturated carbocycles. The first-order chi connectivity index (χ1) is 18.3. The standard InChI is InChI=1S/C24H16ClF9N4O2/c1-10-4-13(25)8-16(20(39)35-14-2-3-14)19(10)36-21(40)17-9-18(24(32,33)34)37-38(17)15-6-11(22(26,27)28)5-12(7-15)23(29,30)31/h4-9,14H,2-3H2,1H3,(H,35,39)(H,36,40). The number of aryl methyl sites for hydroxylation is 1. The van der Waals surface area contributed by atoms with Crippen LogP contribution in [0.3, 0.4) is 0 Å². The Morgan fingerprint density at radius 2 is 1.43 bits per heavy atom. The molecular formula is C24H16ClF9N4O2. The summed E-state index contributed by atoms with van der Waals surface area (Å²) in [5.74, 6) is -2.07. The fourth-order valence-corrected chi connectivity index (χ4v) is 3.97. The van der Waals surface area contributed by atoms with Crippen LogP contribution in [0.4, 0.5) is 45.2 Å². The number of hydrogen-bond acceptors (Lipinski definition) is 3. The molecule has 1 aromatic heterocycles. The Bertz CT molecular complexity index is 1460. The molecule has 2 N–H and O–H groups in total. The van der Waals surface area contributed by atoms with Crippen LogP contribution in [0, 0.1) is 6.92 Å². The largest absolute Gasteiger partial charge is 0.435 e. The van der Waals surface area contributed by atoms with Gasteiger partial charge in [-0.2, -0.15) is 44.6 Å². The fraction of sp³-hybridized carbons (Fsp3) is 0.292. The topological polar surface area (TPSA) is 76.0 Å². The van der Waals surface area contributed by atoms with Crippen LogP contribution in [0.2, 0.25) is 5.02 Å². The molecule has 2 amide bonds. The van der Waals surface area contributed by atoms with E-state index in [9.17, 15) is 49.1 Å². The Kier molecular flexibility index (Phi) is 7.32. The van der Waals surface area contributed by atoms with Crippen LogP contribution in [0.1, 0.15) is 56.1 Å². The predicted molar refractivity (Wildman–Crippen MR) is 123 cm³/mol. The number of alkyl halides is 9. The number of hydrogen-bond donors (Lipinski definition) is 2. The van der Waals surface area contributed by atoms with Crippen LogP contribution in [-0.4, -0.2) is 27.6 Å². The summed E-state index contributed by atoms with van der Waals surface area (Å²) < 4.78 is 121. The number of carbonyl (C=O) groups is 2. The summed E-state index contributed by atoms with van der Waals surface area (Å²) in [5.41, 5.74) is -7.74. The summed E-state index contributed by atoms with van der Waals surface area (Å²) in [5, 5.41) is 8.07. The van der Waals surface area contributed by atoms with Gasteiger partial charge >= 0.3 is 18.5 Å². The van der Waals surface area contributed by atoms with Crippen molar-refractivity contribution < 1.29 is 49.1 Å². The van der Waals surface area contributed by atoms with Gasteiger partial charge in [-0.3, -0.25) is 9.59 Å². The van der Waals surface area contributed by atoms with E-state index in [-0.39, 0.29) is 56.8 Å². The highest BCUT2D eigenvalue weighted by atomic mass is 35.5. The summed E-state index contributed by atoms with van der Waals surface area (Å²) in [6.07, 6.45) is -14.5. The van der Waals surface area contributed by atoms with E-state index in [1.165, 1.54) is 19.1 Å². The van der Waals surface area contributed by atoms with Crippen molar-refractivity contribution in [2.45, 2.75) is 44.3 Å². The van der Waals surface area contributed by atoms with Crippen molar-refractivity contribution in [2.24, 2.45) is 0 Å². The molecule has 3 aromatic rings. The molecule has 0 unspecified atom stereocenters. The number of anilines is 1. The lowest BCUT2D eigenvalue weighted by atomic mass is 10.1. The second kappa shape index (κ2) is 10.0. The molecule has 0 bridgehead atoms. The summed E-state index contributed by atoms with van der Waals surface area (Å²) >= 11 is 6.02. The zero-order valence-electron chi connectivity index (χ0n) is 19.9. The lowest BCUT2D eigenvalue weighted by Gasteiger charge is -2.17. The molecule has 214 valence electrons. The number of amides is 2. The molecule has 1 heterocycles. The summed E-state index contributed by atoms with van der Waals surface area (Å²) in [6.45, 7) is 1.41. The van der Waals surface area contributed by atoms with E-state index < -0.39 is 58.5 Å². The quantitative estimate of drug-likeness (QED) is 0.310. The maximum absolute atomic E-state index is 13.5. The second-order valence-corrected chi connectivity index (χ2v) is 9.37. The van der Waals surface area contributed by atoms with E-state index in [1.54, 1.807) is 0 Å². The van der Waals surface area contributed by atoms with Crippen molar-refractivity contribution in [1.82, 2.24) is 15.1 Å². The Morgan fingerprint density at radius 3 is 1.93 bits per heavy atom. The maximum Gasteiger partial charge on any atom is 0.435 e. The molecule has 40 heavy (non-hydrogen) atoms. The van der Waals surface area contributed by atoms with Gasteiger partial charge in [-0.05, 0) is 55.7 Å². The Balaban J connectivity index is 1.85. The van der Waals surface area contributed by atoms with Crippen LogP contribution in [0.5, 0.6) is 0 Å². The third-order valence-corrected chi connectivity index (χ3v) is 5.96. The number of rotatable bonds is 5. The zero-order valence-corrected chi connectivity index (χ0v) is 20.7. The van der Waals surface area contributed by atoms with Crippen molar-refractivity contribution >= 4 is 29.1 Å². The molecule has 16 heteroatoms. The van der Waals surface area contributed by atoms with E-state index in [0.29, 0.717) is 12.8 Å². The number of benzene rings is 2. The fourth-order valence-electron chi connectivity index (χ4n) is 3.70. The molecule has 0 aliphatic heterocycles. The maximum atomic E-state index is 13.5. The average Bonchev–Trinajstić information content (AvgIpc) is 3.50. The molecular weight excluding hydrogens is 583 g/mol. The van der Waals surface area contributed by atoms with Gasteiger partial charge in [0.25, 0.3) is 11.8 Å².